The second kappa shape index (κ2) is 9.85. The van der Waals surface area contributed by atoms with Crippen LogP contribution >= 0.6 is 24.0 Å². The summed E-state index contributed by atoms with van der Waals surface area (Å²) in [5, 5.41) is 5.12. The number of hydrogen-bond acceptors (Lipinski definition) is 5. The Morgan fingerprint density at radius 3 is 2.65 bits per heavy atom. The van der Waals surface area contributed by atoms with Gasteiger partial charge in [0.05, 0.1) is 11.7 Å². The van der Waals surface area contributed by atoms with Crippen molar-refractivity contribution >= 4 is 29.1 Å². The number of nitrogens with zero attached hydrogens (tertiary/aromatic N) is 3. The van der Waals surface area contributed by atoms with Gasteiger partial charge in [-0.2, -0.15) is 0 Å². The number of hydrogen-bond donors (Lipinski definition) is 1. The number of furan rings is 1. The molecule has 0 saturated carbocycles. The van der Waals surface area contributed by atoms with Gasteiger partial charge < -0.3 is 19.5 Å². The molecule has 2 atom stereocenters. The van der Waals surface area contributed by atoms with Crippen LogP contribution in [0.5, 0.6) is 0 Å². The normalized spacial score (nSPS) is 18.6. The van der Waals surface area contributed by atoms with Crippen molar-refractivity contribution in [2.75, 3.05) is 27.2 Å². The first-order valence-electron chi connectivity index (χ1n) is 10.5. The second-order valence-electron chi connectivity index (χ2n) is 8.05. The molecule has 3 heterocycles. The van der Waals surface area contributed by atoms with E-state index in [0.717, 1.165) is 46.1 Å². The number of aromatic nitrogens is 1. The van der Waals surface area contributed by atoms with Crippen LogP contribution in [0.3, 0.4) is 0 Å². The average molecular weight is 453 g/mol. The first kappa shape index (κ1) is 21.9. The Kier molecular flexibility index (Phi) is 6.95. The summed E-state index contributed by atoms with van der Waals surface area (Å²) < 4.78 is 6.34. The summed E-state index contributed by atoms with van der Waals surface area (Å²) in [5.41, 5.74) is 2.22. The van der Waals surface area contributed by atoms with E-state index in [4.69, 9.17) is 16.6 Å². The maximum absolute atomic E-state index is 6.34. The molecule has 1 aliphatic rings. The van der Waals surface area contributed by atoms with E-state index in [2.05, 4.69) is 77.5 Å². The van der Waals surface area contributed by atoms with E-state index < -0.39 is 0 Å². The van der Waals surface area contributed by atoms with E-state index in [1.165, 1.54) is 5.56 Å². The Balaban J connectivity index is 1.59. The fourth-order valence-electron chi connectivity index (χ4n) is 3.78. The molecule has 5 nitrogen and oxygen atoms in total. The Labute approximate surface area is 193 Å². The zero-order chi connectivity index (χ0) is 21.8. The van der Waals surface area contributed by atoms with Crippen molar-refractivity contribution in [2.24, 2.45) is 0 Å². The van der Waals surface area contributed by atoms with E-state index in [1.54, 1.807) is 11.8 Å². The lowest BCUT2D eigenvalue weighted by Gasteiger charge is -2.26. The summed E-state index contributed by atoms with van der Waals surface area (Å²) >= 11 is 7.36. The van der Waals surface area contributed by atoms with Crippen LogP contribution in [0.15, 0.2) is 75.2 Å². The SMILES string of the molecule is Cc1ccc(Sc2ccc(C3C(c4ccccn4)NC(=S)N3CCCN(C)C)o2)cc1. The number of nitrogens with one attached hydrogen (secondary N) is 1. The molecule has 31 heavy (non-hydrogen) atoms. The molecular formula is C24H28N4OS2. The smallest absolute Gasteiger partial charge is 0.170 e. The van der Waals surface area contributed by atoms with Gasteiger partial charge in [0, 0.05) is 17.6 Å². The monoisotopic (exact) mass is 452 g/mol. The molecule has 0 bridgehead atoms. The predicted octanol–water partition coefficient (Wildman–Crippen LogP) is 5.06. The molecule has 4 rings (SSSR count). The maximum atomic E-state index is 6.34. The van der Waals surface area contributed by atoms with Gasteiger partial charge in [-0.05, 0) is 82.6 Å². The van der Waals surface area contributed by atoms with Crippen molar-refractivity contribution < 1.29 is 4.42 Å². The van der Waals surface area contributed by atoms with Gasteiger partial charge in [-0.3, -0.25) is 4.98 Å². The van der Waals surface area contributed by atoms with Crippen molar-refractivity contribution in [1.29, 1.82) is 0 Å². The number of thiocarbonyl (C=S) groups is 1. The van der Waals surface area contributed by atoms with Crippen LogP contribution in [-0.4, -0.2) is 47.1 Å². The highest BCUT2D eigenvalue weighted by atomic mass is 32.2. The maximum Gasteiger partial charge on any atom is 0.170 e. The molecule has 1 aliphatic heterocycles. The van der Waals surface area contributed by atoms with E-state index >= 15 is 0 Å². The standard InChI is InChI=1S/C24H28N4OS2/c1-17-8-10-18(11-9-17)31-21-13-12-20(29-21)23-22(19-7-4-5-14-25-19)26-24(30)28(23)16-6-15-27(2)3/h4-5,7-14,22-23H,6,15-16H2,1-3H3,(H,26,30). The zero-order valence-corrected chi connectivity index (χ0v) is 19.7. The number of benzene rings is 1. The van der Waals surface area contributed by atoms with Crippen molar-refractivity contribution in [2.45, 2.75) is 35.4 Å². The molecule has 1 fully saturated rings. The molecule has 0 amide bonds. The Morgan fingerprint density at radius 1 is 1.13 bits per heavy atom. The van der Waals surface area contributed by atoms with Crippen molar-refractivity contribution in [3.63, 3.8) is 0 Å². The molecule has 1 saturated heterocycles. The van der Waals surface area contributed by atoms with Gasteiger partial charge >= 0.3 is 0 Å². The average Bonchev–Trinajstić information content (AvgIpc) is 3.34. The zero-order valence-electron chi connectivity index (χ0n) is 18.1. The van der Waals surface area contributed by atoms with E-state index in [1.807, 2.05) is 24.4 Å². The molecular weight excluding hydrogens is 424 g/mol. The lowest BCUT2D eigenvalue weighted by Crippen LogP contribution is -2.32. The van der Waals surface area contributed by atoms with Crippen LogP contribution in [-0.2, 0) is 0 Å². The molecule has 2 aromatic heterocycles. The third kappa shape index (κ3) is 5.29. The van der Waals surface area contributed by atoms with Gasteiger partial charge in [0.2, 0.25) is 0 Å². The molecule has 7 heteroatoms. The quantitative estimate of drug-likeness (QED) is 0.479. The van der Waals surface area contributed by atoms with Crippen molar-refractivity contribution in [3.05, 3.63) is 77.8 Å². The molecule has 0 spiro atoms. The molecule has 0 radical (unpaired) electrons. The van der Waals surface area contributed by atoms with Gasteiger partial charge in [-0.1, -0.05) is 35.5 Å². The van der Waals surface area contributed by atoms with Crippen LogP contribution in [0.2, 0.25) is 0 Å². The molecule has 1 N–H and O–H groups in total. The minimum Gasteiger partial charge on any atom is -0.452 e. The first-order chi connectivity index (χ1) is 15.0. The summed E-state index contributed by atoms with van der Waals surface area (Å²) in [6.45, 7) is 3.96. The fourth-order valence-corrected chi connectivity index (χ4v) is 4.89. The largest absolute Gasteiger partial charge is 0.452 e. The molecule has 3 aromatic rings. The highest BCUT2D eigenvalue weighted by Crippen LogP contribution is 2.41. The van der Waals surface area contributed by atoms with Gasteiger partial charge in [-0.15, -0.1) is 0 Å². The minimum absolute atomic E-state index is 0.0306. The van der Waals surface area contributed by atoms with Gasteiger partial charge in [0.25, 0.3) is 0 Å². The molecule has 1 aromatic carbocycles. The Morgan fingerprint density at radius 2 is 1.94 bits per heavy atom. The molecule has 162 valence electrons. The summed E-state index contributed by atoms with van der Waals surface area (Å²) in [4.78, 5) is 10.2. The molecule has 0 aliphatic carbocycles. The second-order valence-corrected chi connectivity index (χ2v) is 9.51. The van der Waals surface area contributed by atoms with Gasteiger partial charge in [-0.25, -0.2) is 0 Å². The third-order valence-corrected chi connectivity index (χ3v) is 6.62. The van der Waals surface area contributed by atoms with Crippen LogP contribution < -0.4 is 5.32 Å². The Bertz CT molecular complexity index is 1000. The van der Waals surface area contributed by atoms with Crippen LogP contribution in [0.1, 0.15) is 35.5 Å². The third-order valence-electron chi connectivity index (χ3n) is 5.34. The number of rotatable bonds is 8. The lowest BCUT2D eigenvalue weighted by atomic mass is 10.0. The summed E-state index contributed by atoms with van der Waals surface area (Å²) in [6, 6.07) is 18.5. The summed E-state index contributed by atoms with van der Waals surface area (Å²) in [6.07, 6.45) is 2.85. The lowest BCUT2D eigenvalue weighted by molar-refractivity contribution is 0.249. The van der Waals surface area contributed by atoms with E-state index in [0.29, 0.717) is 0 Å². The predicted molar refractivity (Wildman–Crippen MR) is 129 cm³/mol. The van der Waals surface area contributed by atoms with Gasteiger partial charge in [0.1, 0.15) is 11.8 Å². The van der Waals surface area contributed by atoms with Crippen LogP contribution in [0.25, 0.3) is 0 Å². The van der Waals surface area contributed by atoms with Crippen molar-refractivity contribution in [1.82, 2.24) is 20.1 Å². The van der Waals surface area contributed by atoms with Crippen LogP contribution in [0, 0.1) is 6.92 Å². The molecule has 2 unspecified atom stereocenters. The van der Waals surface area contributed by atoms with E-state index in [-0.39, 0.29) is 12.1 Å². The topological polar surface area (TPSA) is 44.5 Å². The fraction of sp³-hybridized carbons (Fsp3) is 0.333. The highest BCUT2D eigenvalue weighted by Gasteiger charge is 2.41. The van der Waals surface area contributed by atoms with Gasteiger partial charge in [0.15, 0.2) is 10.2 Å². The van der Waals surface area contributed by atoms with Crippen LogP contribution in [0.4, 0.5) is 0 Å². The summed E-state index contributed by atoms with van der Waals surface area (Å²) in [7, 11) is 4.19. The number of aryl methyl sites for hydroxylation is 1. The van der Waals surface area contributed by atoms with Crippen molar-refractivity contribution in [3.8, 4) is 0 Å². The first-order valence-corrected chi connectivity index (χ1v) is 11.7. The number of pyridine rings is 1. The Hall–Kier alpha value is -2.35. The minimum atomic E-state index is -0.0450. The van der Waals surface area contributed by atoms with E-state index in [9.17, 15) is 0 Å². The summed E-state index contributed by atoms with van der Waals surface area (Å²) in [5.74, 6) is 0.905. The highest BCUT2D eigenvalue weighted by molar-refractivity contribution is 7.99.